The summed E-state index contributed by atoms with van der Waals surface area (Å²) in [4.78, 5) is 63.7. The van der Waals surface area contributed by atoms with Crippen LogP contribution < -0.4 is 20.6 Å². The van der Waals surface area contributed by atoms with Crippen molar-refractivity contribution in [2.24, 2.45) is 12.5 Å². The predicted molar refractivity (Wildman–Crippen MR) is 273 cm³/mol. The van der Waals surface area contributed by atoms with E-state index in [1.165, 1.54) is 12.8 Å². The molecule has 0 radical (unpaired) electrons. The molecule has 10 rings (SSSR count). The molecular formula is C55H62ClF4N9O6. The van der Waals surface area contributed by atoms with Gasteiger partial charge in [-0.15, -0.1) is 0 Å². The van der Waals surface area contributed by atoms with E-state index in [1.807, 2.05) is 48.7 Å². The zero-order chi connectivity index (χ0) is 53.5. The van der Waals surface area contributed by atoms with E-state index in [2.05, 4.69) is 63.1 Å². The molecule has 75 heavy (non-hydrogen) atoms. The first-order valence-corrected chi connectivity index (χ1v) is 26.0. The van der Waals surface area contributed by atoms with Crippen LogP contribution in [0.4, 0.5) is 23.5 Å². The number of hydrogen-bond donors (Lipinski definition) is 2. The molecule has 4 saturated heterocycles. The van der Waals surface area contributed by atoms with Gasteiger partial charge in [0.1, 0.15) is 24.1 Å². The summed E-state index contributed by atoms with van der Waals surface area (Å²) in [6.45, 7) is 10.1. The minimum Gasteiger partial charge on any atom is -0.487 e. The normalized spacial score (nSPS) is 20.7. The Kier molecular flexibility index (Phi) is 15.2. The number of carboxylic acids is 1. The molecule has 1 unspecified atom stereocenters. The number of likely N-dealkylation sites (tertiary alicyclic amines) is 2. The second-order valence-corrected chi connectivity index (χ2v) is 22.0. The number of amides is 2. The number of hydrogen-bond acceptors (Lipinski definition) is 11. The third kappa shape index (κ3) is 11.6. The molecule has 1 atom stereocenters. The van der Waals surface area contributed by atoms with Crippen LogP contribution in [0.2, 0.25) is 5.02 Å². The number of nitrogens with zero attached hydrogens (tertiary/aromatic N) is 8. The van der Waals surface area contributed by atoms with E-state index >= 15 is 4.39 Å². The van der Waals surface area contributed by atoms with E-state index in [0.717, 1.165) is 110 Å². The van der Waals surface area contributed by atoms with Crippen LogP contribution in [-0.4, -0.2) is 115 Å². The van der Waals surface area contributed by atoms with Gasteiger partial charge in [0.15, 0.2) is 0 Å². The Morgan fingerprint density at radius 3 is 2.24 bits per heavy atom. The number of nitrogens with one attached hydrogen (secondary N) is 1. The lowest BCUT2D eigenvalue weighted by Gasteiger charge is -2.56. The fourth-order valence-electron chi connectivity index (χ4n) is 12.0. The molecule has 1 spiro atoms. The number of benzene rings is 3. The number of nitriles is 1. The standard InChI is InChI=1S/C53H61ClFN9O4.C2HF3O2/c1-51(2,38-27-35(32-56)28-39(54)29-38)37-7-9-42(10-8-37)68-33-40-13-20-57-49(58-40)63-23-16-52(17-24-63)30-41(31-52)62-25-18-53(55,19-26-62)34-61-21-14-36(15-22-61)43-5-4-6-44-47(43)60(3)50(67)64(44)45-11-12-46(65)59-48(45)66;3-2(4,5)1(6)7/h4-10,13,20,27-29,36,41,45H,11-12,14-19,21-26,30-31,33-34H2,1-3H3,(H,59,65,66);(H,6,7). The summed E-state index contributed by atoms with van der Waals surface area (Å²) in [5.74, 6) is -1.77. The van der Waals surface area contributed by atoms with Crippen molar-refractivity contribution in [2.75, 3.05) is 50.7 Å². The quantitative estimate of drug-likeness (QED) is 0.0952. The van der Waals surface area contributed by atoms with Crippen LogP contribution in [0.3, 0.4) is 0 Å². The first-order chi connectivity index (χ1) is 35.6. The maximum atomic E-state index is 16.5. The van der Waals surface area contributed by atoms with Crippen molar-refractivity contribution in [2.45, 2.75) is 120 Å². The summed E-state index contributed by atoms with van der Waals surface area (Å²) in [6.07, 6.45) is 4.70. The lowest BCUT2D eigenvalue weighted by atomic mass is 9.59. The van der Waals surface area contributed by atoms with Gasteiger partial charge in [-0.3, -0.25) is 24.0 Å². The third-order valence-electron chi connectivity index (χ3n) is 16.5. The maximum absolute atomic E-state index is 16.5. The molecule has 1 saturated carbocycles. The molecule has 4 aliphatic heterocycles. The van der Waals surface area contributed by atoms with E-state index in [9.17, 15) is 32.8 Å². The van der Waals surface area contributed by atoms with Crippen LogP contribution >= 0.6 is 11.6 Å². The van der Waals surface area contributed by atoms with Gasteiger partial charge in [0.25, 0.3) is 0 Å². The molecule has 5 aliphatic rings. The SMILES string of the molecule is Cn1c(=O)n(C2CCC(=O)NC2=O)c2cccc(C3CCN(CC4(F)CCN(C5CC6(CCN(c7nccc(COc8ccc(C(C)(C)c9cc(Cl)cc(C#N)c9)cc8)n7)CC6)C5)CC4)CC3)c21.O=C(O)C(F)(F)F. The minimum atomic E-state index is -5.08. The number of aryl methyl sites for hydroxylation is 1. The monoisotopic (exact) mass is 1060 g/mol. The van der Waals surface area contributed by atoms with Crippen molar-refractivity contribution < 1.29 is 41.8 Å². The van der Waals surface area contributed by atoms with Crippen LogP contribution in [0.1, 0.15) is 118 Å². The van der Waals surface area contributed by atoms with Gasteiger partial charge >= 0.3 is 17.8 Å². The Balaban J connectivity index is 0.000000920. The van der Waals surface area contributed by atoms with E-state index in [4.69, 9.17) is 31.2 Å². The molecule has 5 fully saturated rings. The number of carbonyl (C=O) groups is 3. The van der Waals surface area contributed by atoms with Crippen molar-refractivity contribution in [3.63, 3.8) is 0 Å². The van der Waals surface area contributed by atoms with E-state index in [-0.39, 0.29) is 29.4 Å². The van der Waals surface area contributed by atoms with Crippen LogP contribution in [0.15, 0.2) is 77.7 Å². The van der Waals surface area contributed by atoms with Crippen molar-refractivity contribution in [1.82, 2.24) is 34.2 Å². The number of anilines is 1. The summed E-state index contributed by atoms with van der Waals surface area (Å²) >= 11 is 6.32. The van der Waals surface area contributed by atoms with Crippen LogP contribution in [0.5, 0.6) is 5.75 Å². The minimum absolute atomic E-state index is 0.207. The summed E-state index contributed by atoms with van der Waals surface area (Å²) < 4.78 is 57.6. The smallest absolute Gasteiger partial charge is 0.487 e. The number of piperidine rings is 4. The van der Waals surface area contributed by atoms with Gasteiger partial charge in [0, 0.05) is 68.9 Å². The number of aromatic nitrogens is 4. The summed E-state index contributed by atoms with van der Waals surface area (Å²) in [5, 5.41) is 19.5. The molecule has 20 heteroatoms. The predicted octanol–water partition coefficient (Wildman–Crippen LogP) is 8.60. The molecule has 0 bridgehead atoms. The Bertz CT molecular complexity index is 3030. The zero-order valence-corrected chi connectivity index (χ0v) is 43.1. The Morgan fingerprint density at radius 2 is 1.60 bits per heavy atom. The highest BCUT2D eigenvalue weighted by Crippen LogP contribution is 2.52. The number of imide groups is 1. The molecule has 2 amide bonds. The number of halogens is 5. The van der Waals surface area contributed by atoms with Crippen molar-refractivity contribution in [1.29, 1.82) is 5.26 Å². The Hall–Kier alpha value is -6.36. The van der Waals surface area contributed by atoms with E-state index in [0.29, 0.717) is 54.5 Å². The van der Waals surface area contributed by atoms with Crippen LogP contribution in [-0.2, 0) is 33.5 Å². The van der Waals surface area contributed by atoms with Crippen LogP contribution in [0, 0.1) is 16.7 Å². The molecule has 6 heterocycles. The third-order valence-corrected chi connectivity index (χ3v) is 16.7. The van der Waals surface area contributed by atoms with Crippen molar-refractivity contribution >= 4 is 46.4 Å². The van der Waals surface area contributed by atoms with Gasteiger partial charge in [-0.25, -0.2) is 23.9 Å². The molecule has 2 aromatic heterocycles. The fourth-order valence-corrected chi connectivity index (χ4v) is 12.2. The average molecular weight is 1060 g/mol. The zero-order valence-electron chi connectivity index (χ0n) is 42.3. The van der Waals surface area contributed by atoms with Gasteiger partial charge in [0.2, 0.25) is 17.8 Å². The van der Waals surface area contributed by atoms with Gasteiger partial charge < -0.3 is 24.5 Å². The number of aliphatic carboxylic acids is 1. The van der Waals surface area contributed by atoms with Crippen molar-refractivity contribution in [3.05, 3.63) is 116 Å². The molecule has 5 aromatic rings. The number of rotatable bonds is 11. The molecule has 15 nitrogen and oxygen atoms in total. The van der Waals surface area contributed by atoms with Gasteiger partial charge in [-0.05, 0) is 141 Å². The fraction of sp³-hybridized carbons (Fsp3) is 0.509. The summed E-state index contributed by atoms with van der Waals surface area (Å²) in [5.41, 5.74) is 4.63. The largest absolute Gasteiger partial charge is 0.490 e. The number of carbonyl (C=O) groups excluding carboxylic acids is 2. The second-order valence-electron chi connectivity index (χ2n) is 21.6. The first kappa shape index (κ1) is 53.5. The number of fused-ring (bicyclic) bond motifs is 1. The first-order valence-electron chi connectivity index (χ1n) is 25.6. The molecular weight excluding hydrogens is 994 g/mol. The number of para-hydroxylation sites is 1. The summed E-state index contributed by atoms with van der Waals surface area (Å²) in [6, 6.07) is 23.4. The second kappa shape index (κ2) is 21.3. The highest BCUT2D eigenvalue weighted by molar-refractivity contribution is 6.30. The number of ether oxygens (including phenoxy) is 1. The molecule has 1 aliphatic carbocycles. The maximum Gasteiger partial charge on any atom is 0.490 e. The van der Waals surface area contributed by atoms with Gasteiger partial charge in [0.05, 0.1) is 28.4 Å². The van der Waals surface area contributed by atoms with Crippen molar-refractivity contribution in [3.8, 4) is 11.8 Å². The highest BCUT2D eigenvalue weighted by atomic mass is 35.5. The number of imidazole rings is 1. The molecule has 3 aromatic carbocycles. The van der Waals surface area contributed by atoms with E-state index < -0.39 is 29.8 Å². The number of carboxylic acid groups (broad SMARTS) is 1. The topological polar surface area (TPSA) is 179 Å². The van der Waals surface area contributed by atoms with Crippen LogP contribution in [0.25, 0.3) is 11.0 Å². The lowest BCUT2D eigenvalue weighted by Crippen LogP contribution is -2.58. The molecule has 398 valence electrons. The van der Waals surface area contributed by atoms with Gasteiger partial charge in [-0.2, -0.15) is 18.4 Å². The van der Waals surface area contributed by atoms with Gasteiger partial charge in [-0.1, -0.05) is 49.7 Å². The Morgan fingerprint density at radius 1 is 0.920 bits per heavy atom. The molecule has 2 N–H and O–H groups in total. The Labute approximate surface area is 437 Å². The summed E-state index contributed by atoms with van der Waals surface area (Å²) in [7, 11) is 1.76. The van der Waals surface area contributed by atoms with E-state index in [1.54, 1.807) is 22.2 Å². The number of alkyl halides is 4. The lowest BCUT2D eigenvalue weighted by molar-refractivity contribution is -0.192. The highest BCUT2D eigenvalue weighted by Gasteiger charge is 2.50. The average Bonchev–Trinajstić information content (AvgIpc) is 3.65.